The van der Waals surface area contributed by atoms with E-state index in [1.165, 1.54) is 22.3 Å². The summed E-state index contributed by atoms with van der Waals surface area (Å²) in [5, 5.41) is 2.28. The molecule has 1 aromatic heterocycles. The summed E-state index contributed by atoms with van der Waals surface area (Å²) < 4.78 is 6.43. The highest BCUT2D eigenvalue weighted by Crippen LogP contribution is 2.41. The molecule has 39 heavy (non-hydrogen) atoms. The SMILES string of the molecule is CN(c1cc(-c2ccccc2)cc(-c2cccc3c2oc2ccccc23)c1)c1ccccc1-c1ccccc1. The van der Waals surface area contributed by atoms with Gasteiger partial charge in [-0.2, -0.15) is 0 Å². The fourth-order valence-electron chi connectivity index (χ4n) is 5.50. The van der Waals surface area contributed by atoms with Gasteiger partial charge in [-0.05, 0) is 52.6 Å². The first-order valence-corrected chi connectivity index (χ1v) is 13.3. The summed E-state index contributed by atoms with van der Waals surface area (Å²) in [6.45, 7) is 0. The maximum absolute atomic E-state index is 6.43. The van der Waals surface area contributed by atoms with E-state index in [2.05, 4.69) is 145 Å². The van der Waals surface area contributed by atoms with Gasteiger partial charge in [0.2, 0.25) is 0 Å². The van der Waals surface area contributed by atoms with Crippen molar-refractivity contribution in [2.75, 3.05) is 11.9 Å². The van der Waals surface area contributed by atoms with Crippen molar-refractivity contribution in [3.8, 4) is 33.4 Å². The summed E-state index contributed by atoms with van der Waals surface area (Å²) in [7, 11) is 2.15. The van der Waals surface area contributed by atoms with Crippen molar-refractivity contribution < 1.29 is 4.42 Å². The Morgan fingerprint density at radius 1 is 0.462 bits per heavy atom. The van der Waals surface area contributed by atoms with Crippen LogP contribution < -0.4 is 4.90 Å². The van der Waals surface area contributed by atoms with Gasteiger partial charge in [0, 0.05) is 40.3 Å². The molecule has 7 aromatic rings. The number of para-hydroxylation sites is 3. The van der Waals surface area contributed by atoms with Gasteiger partial charge in [0.25, 0.3) is 0 Å². The molecule has 0 aliphatic rings. The molecule has 2 heteroatoms. The third-order valence-corrected chi connectivity index (χ3v) is 7.48. The van der Waals surface area contributed by atoms with Crippen LogP contribution in [0, 0.1) is 0 Å². The maximum atomic E-state index is 6.43. The number of nitrogens with zero attached hydrogens (tertiary/aromatic N) is 1. The number of furan rings is 1. The van der Waals surface area contributed by atoms with Crippen molar-refractivity contribution in [2.24, 2.45) is 0 Å². The lowest BCUT2D eigenvalue weighted by molar-refractivity contribution is 0.670. The van der Waals surface area contributed by atoms with E-state index < -0.39 is 0 Å². The summed E-state index contributed by atoms with van der Waals surface area (Å²) in [5.74, 6) is 0. The van der Waals surface area contributed by atoms with E-state index >= 15 is 0 Å². The molecule has 0 N–H and O–H groups in total. The normalized spacial score (nSPS) is 11.2. The largest absolute Gasteiger partial charge is 0.455 e. The summed E-state index contributed by atoms with van der Waals surface area (Å²) in [5.41, 5.74) is 11.1. The summed E-state index contributed by atoms with van der Waals surface area (Å²) in [4.78, 5) is 2.29. The van der Waals surface area contributed by atoms with Gasteiger partial charge in [0.1, 0.15) is 11.2 Å². The van der Waals surface area contributed by atoms with Crippen molar-refractivity contribution in [3.63, 3.8) is 0 Å². The third-order valence-electron chi connectivity index (χ3n) is 7.48. The van der Waals surface area contributed by atoms with Gasteiger partial charge in [0.15, 0.2) is 0 Å². The minimum absolute atomic E-state index is 0.910. The maximum Gasteiger partial charge on any atom is 0.143 e. The molecule has 7 rings (SSSR count). The van der Waals surface area contributed by atoms with Crippen molar-refractivity contribution in [1.82, 2.24) is 0 Å². The first-order valence-electron chi connectivity index (χ1n) is 13.3. The predicted octanol–water partition coefficient (Wildman–Crippen LogP) is 10.4. The van der Waals surface area contributed by atoms with Crippen LogP contribution in [0.25, 0.3) is 55.3 Å². The van der Waals surface area contributed by atoms with Gasteiger partial charge in [0.05, 0.1) is 0 Å². The van der Waals surface area contributed by atoms with Crippen LogP contribution in [0.5, 0.6) is 0 Å². The third kappa shape index (κ3) is 4.17. The molecule has 0 bridgehead atoms. The second kappa shape index (κ2) is 9.66. The molecule has 0 fully saturated rings. The van der Waals surface area contributed by atoms with E-state index in [9.17, 15) is 0 Å². The summed E-state index contributed by atoms with van der Waals surface area (Å²) in [6, 6.07) is 51.3. The Morgan fingerprint density at radius 3 is 1.90 bits per heavy atom. The quantitative estimate of drug-likeness (QED) is 0.233. The van der Waals surface area contributed by atoms with E-state index in [4.69, 9.17) is 4.42 Å². The summed E-state index contributed by atoms with van der Waals surface area (Å²) >= 11 is 0. The molecule has 6 aromatic carbocycles. The molecular weight excluding hydrogens is 474 g/mol. The molecule has 0 spiro atoms. The fourth-order valence-corrected chi connectivity index (χ4v) is 5.50. The highest BCUT2D eigenvalue weighted by atomic mass is 16.3. The molecular formula is C37H27NO. The highest BCUT2D eigenvalue weighted by molar-refractivity contribution is 6.09. The molecule has 0 amide bonds. The molecule has 1 heterocycles. The number of hydrogen-bond acceptors (Lipinski definition) is 2. The smallest absolute Gasteiger partial charge is 0.143 e. The van der Waals surface area contributed by atoms with Crippen LogP contribution >= 0.6 is 0 Å². The first-order chi connectivity index (χ1) is 19.3. The molecule has 0 aliphatic heterocycles. The van der Waals surface area contributed by atoms with Crippen molar-refractivity contribution in [1.29, 1.82) is 0 Å². The minimum Gasteiger partial charge on any atom is -0.455 e. The second-order valence-electron chi connectivity index (χ2n) is 9.86. The van der Waals surface area contributed by atoms with Gasteiger partial charge in [-0.1, -0.05) is 115 Å². The van der Waals surface area contributed by atoms with Crippen molar-refractivity contribution >= 4 is 33.3 Å². The Hall–Kier alpha value is -5.08. The van der Waals surface area contributed by atoms with Crippen LogP contribution in [0.15, 0.2) is 150 Å². The van der Waals surface area contributed by atoms with E-state index in [1.807, 2.05) is 12.1 Å². The zero-order valence-electron chi connectivity index (χ0n) is 21.7. The standard InChI is InChI=1S/C37H27NO/c1-38(35-21-10-8-17-31(35)27-15-6-3-7-16-27)30-24-28(26-13-4-2-5-14-26)23-29(25-30)32-19-12-20-34-33-18-9-11-22-36(33)39-37(32)34/h2-25H,1H3. The molecule has 0 saturated heterocycles. The van der Waals surface area contributed by atoms with E-state index in [1.54, 1.807) is 0 Å². The van der Waals surface area contributed by atoms with Crippen LogP contribution in [0.1, 0.15) is 0 Å². The van der Waals surface area contributed by atoms with Gasteiger partial charge >= 0.3 is 0 Å². The van der Waals surface area contributed by atoms with Crippen LogP contribution in [-0.2, 0) is 0 Å². The van der Waals surface area contributed by atoms with Crippen molar-refractivity contribution in [3.05, 3.63) is 146 Å². The zero-order valence-corrected chi connectivity index (χ0v) is 21.7. The molecule has 0 radical (unpaired) electrons. The van der Waals surface area contributed by atoms with Gasteiger partial charge < -0.3 is 9.32 Å². The van der Waals surface area contributed by atoms with E-state index in [0.717, 1.165) is 44.4 Å². The molecule has 2 nitrogen and oxygen atoms in total. The molecule has 0 aliphatic carbocycles. The summed E-state index contributed by atoms with van der Waals surface area (Å²) in [6.07, 6.45) is 0. The van der Waals surface area contributed by atoms with E-state index in [0.29, 0.717) is 0 Å². The predicted molar refractivity (Wildman–Crippen MR) is 165 cm³/mol. The van der Waals surface area contributed by atoms with Crippen LogP contribution in [0.3, 0.4) is 0 Å². The topological polar surface area (TPSA) is 16.4 Å². The Balaban J connectivity index is 1.44. The number of fused-ring (bicyclic) bond motifs is 3. The lowest BCUT2D eigenvalue weighted by Gasteiger charge is -2.24. The van der Waals surface area contributed by atoms with Crippen LogP contribution in [0.4, 0.5) is 11.4 Å². The lowest BCUT2D eigenvalue weighted by Crippen LogP contribution is -2.11. The molecule has 0 atom stereocenters. The lowest BCUT2D eigenvalue weighted by atomic mass is 9.96. The number of anilines is 2. The Kier molecular flexibility index (Phi) is 5.71. The number of rotatable bonds is 5. The highest BCUT2D eigenvalue weighted by Gasteiger charge is 2.16. The molecule has 0 unspecified atom stereocenters. The first kappa shape index (κ1) is 23.1. The fraction of sp³-hybridized carbons (Fsp3) is 0.0270. The van der Waals surface area contributed by atoms with Crippen LogP contribution in [0.2, 0.25) is 0 Å². The Bertz CT molecular complexity index is 1920. The van der Waals surface area contributed by atoms with Gasteiger partial charge in [-0.3, -0.25) is 0 Å². The minimum atomic E-state index is 0.910. The Labute approximate surface area is 228 Å². The van der Waals surface area contributed by atoms with E-state index in [-0.39, 0.29) is 0 Å². The number of hydrogen-bond donors (Lipinski definition) is 0. The average Bonchev–Trinajstić information content (AvgIpc) is 3.40. The Morgan fingerprint density at radius 2 is 1.08 bits per heavy atom. The van der Waals surface area contributed by atoms with Gasteiger partial charge in [-0.15, -0.1) is 0 Å². The molecule has 186 valence electrons. The van der Waals surface area contributed by atoms with Gasteiger partial charge in [-0.25, -0.2) is 0 Å². The van der Waals surface area contributed by atoms with Crippen molar-refractivity contribution in [2.45, 2.75) is 0 Å². The average molecular weight is 502 g/mol. The number of benzene rings is 6. The zero-order chi connectivity index (χ0) is 26.2. The second-order valence-corrected chi connectivity index (χ2v) is 9.86. The van der Waals surface area contributed by atoms with Crippen LogP contribution in [-0.4, -0.2) is 7.05 Å². The molecule has 0 saturated carbocycles. The monoisotopic (exact) mass is 501 g/mol.